The molecule has 1 aromatic carbocycles. The number of para-hydroxylation sites is 1. The van der Waals surface area contributed by atoms with Gasteiger partial charge in [-0.25, -0.2) is 4.98 Å². The fourth-order valence-electron chi connectivity index (χ4n) is 1.85. The van der Waals surface area contributed by atoms with Crippen molar-refractivity contribution in [1.82, 2.24) is 4.98 Å². The van der Waals surface area contributed by atoms with E-state index < -0.39 is 6.10 Å². The Labute approximate surface area is 117 Å². The number of fused-ring (bicyclic) bond motifs is 1. The number of hydrogen-bond acceptors (Lipinski definition) is 4. The van der Waals surface area contributed by atoms with Crippen LogP contribution in [0.5, 0.6) is 0 Å². The fraction of sp³-hybridized carbons (Fsp3) is 0.500. The molecule has 0 bridgehead atoms. The van der Waals surface area contributed by atoms with E-state index in [0.29, 0.717) is 6.54 Å². The van der Waals surface area contributed by atoms with Gasteiger partial charge in [0, 0.05) is 13.0 Å². The summed E-state index contributed by atoms with van der Waals surface area (Å²) in [5.41, 5.74) is 2.46. The number of oxazole rings is 1. The molecule has 0 aliphatic rings. The summed E-state index contributed by atoms with van der Waals surface area (Å²) in [5.74, 6) is 0.979. The number of hydrogen-bond donors (Lipinski definition) is 2. The van der Waals surface area contributed by atoms with Crippen LogP contribution in [0.25, 0.3) is 11.1 Å². The van der Waals surface area contributed by atoms with Gasteiger partial charge in [-0.1, -0.05) is 19.4 Å². The van der Waals surface area contributed by atoms with Gasteiger partial charge in [-0.3, -0.25) is 0 Å². The van der Waals surface area contributed by atoms with Gasteiger partial charge in [0.2, 0.25) is 0 Å². The average molecular weight is 283 g/mol. The largest absolute Gasteiger partial charge is 0.441 e. The highest BCUT2D eigenvalue weighted by Gasteiger charge is 2.10. The Morgan fingerprint density at radius 1 is 1.47 bits per heavy atom. The van der Waals surface area contributed by atoms with Crippen molar-refractivity contribution in [3.8, 4) is 0 Å². The summed E-state index contributed by atoms with van der Waals surface area (Å²) in [6.07, 6.45) is 2.48. The van der Waals surface area contributed by atoms with Gasteiger partial charge in [0.05, 0.1) is 17.7 Å². The zero-order chi connectivity index (χ0) is 13.7. The summed E-state index contributed by atoms with van der Waals surface area (Å²) in [6, 6.07) is 5.74. The maximum Gasteiger partial charge on any atom is 0.195 e. The molecule has 2 rings (SSSR count). The van der Waals surface area contributed by atoms with Crippen LogP contribution < -0.4 is 5.32 Å². The van der Waals surface area contributed by atoms with E-state index in [2.05, 4.69) is 17.2 Å². The van der Waals surface area contributed by atoms with Crippen molar-refractivity contribution in [3.05, 3.63) is 24.1 Å². The first-order valence-electron chi connectivity index (χ1n) is 6.61. The first kappa shape index (κ1) is 14.2. The number of unbranched alkanes of at least 4 members (excludes halogenated alkanes) is 1. The van der Waals surface area contributed by atoms with Gasteiger partial charge in [-0.2, -0.15) is 0 Å². The van der Waals surface area contributed by atoms with Gasteiger partial charge in [0.25, 0.3) is 0 Å². The van der Waals surface area contributed by atoms with E-state index >= 15 is 0 Å². The fourth-order valence-corrected chi connectivity index (χ4v) is 1.96. The number of aliphatic hydroxyl groups is 1. The Bertz CT molecular complexity index is 527. The lowest BCUT2D eigenvalue weighted by molar-refractivity contribution is 0.211. The molecule has 0 amide bonds. The maximum absolute atomic E-state index is 9.47. The number of nitrogens with one attached hydrogen (secondary N) is 1. The molecule has 0 fully saturated rings. The van der Waals surface area contributed by atoms with E-state index in [4.69, 9.17) is 16.0 Å². The van der Waals surface area contributed by atoms with Crippen molar-refractivity contribution >= 4 is 28.4 Å². The second kappa shape index (κ2) is 6.78. The van der Waals surface area contributed by atoms with Crippen molar-refractivity contribution < 1.29 is 9.52 Å². The molecule has 4 nitrogen and oxygen atoms in total. The summed E-state index contributed by atoms with van der Waals surface area (Å²) in [4.78, 5) is 4.51. The third kappa shape index (κ3) is 3.61. The minimum Gasteiger partial charge on any atom is -0.441 e. The molecule has 5 heteroatoms. The van der Waals surface area contributed by atoms with Gasteiger partial charge in [0.15, 0.2) is 11.5 Å². The first-order chi connectivity index (χ1) is 9.24. The van der Waals surface area contributed by atoms with Gasteiger partial charge >= 0.3 is 0 Å². The number of anilines is 1. The summed E-state index contributed by atoms with van der Waals surface area (Å²) < 4.78 is 5.70. The molecular weight excluding hydrogens is 264 g/mol. The summed E-state index contributed by atoms with van der Waals surface area (Å²) in [7, 11) is 0. The predicted octanol–water partition coefficient (Wildman–Crippen LogP) is 3.18. The normalized spacial score (nSPS) is 12.8. The van der Waals surface area contributed by atoms with E-state index in [1.807, 2.05) is 18.2 Å². The molecule has 1 aromatic heterocycles. The van der Waals surface area contributed by atoms with E-state index in [1.165, 1.54) is 0 Å². The Hall–Kier alpha value is -1.26. The van der Waals surface area contributed by atoms with Gasteiger partial charge in [-0.15, -0.1) is 11.6 Å². The molecular formula is C14H19ClN2O2. The van der Waals surface area contributed by atoms with Crippen LogP contribution in [-0.4, -0.2) is 28.6 Å². The molecule has 19 heavy (non-hydrogen) atoms. The van der Waals surface area contributed by atoms with Crippen LogP contribution in [0.15, 0.2) is 22.6 Å². The molecule has 0 saturated heterocycles. The van der Waals surface area contributed by atoms with E-state index in [1.54, 1.807) is 0 Å². The average Bonchev–Trinajstić information content (AvgIpc) is 2.85. The van der Waals surface area contributed by atoms with Crippen molar-refractivity contribution in [2.24, 2.45) is 0 Å². The molecule has 2 N–H and O–H groups in total. The van der Waals surface area contributed by atoms with E-state index in [9.17, 15) is 5.11 Å². The Morgan fingerprint density at radius 2 is 2.32 bits per heavy atom. The number of halogens is 1. The van der Waals surface area contributed by atoms with Gasteiger partial charge < -0.3 is 14.8 Å². The summed E-state index contributed by atoms with van der Waals surface area (Å²) in [6.45, 7) is 2.54. The summed E-state index contributed by atoms with van der Waals surface area (Å²) in [5, 5.41) is 12.6. The first-order valence-corrected chi connectivity index (χ1v) is 7.14. The molecule has 0 radical (unpaired) electrons. The smallest absolute Gasteiger partial charge is 0.195 e. The van der Waals surface area contributed by atoms with Gasteiger partial charge in [-0.05, 0) is 18.6 Å². The summed E-state index contributed by atoms with van der Waals surface area (Å²) >= 11 is 5.57. The third-order valence-corrected chi connectivity index (χ3v) is 3.27. The lowest BCUT2D eigenvalue weighted by atomic mass is 10.2. The highest BCUT2D eigenvalue weighted by atomic mass is 35.5. The SMILES string of the molecule is CCCCc1nc2c(NCC(O)CCl)cccc2o1. The number of aliphatic hydroxyl groups excluding tert-OH is 1. The minimum absolute atomic E-state index is 0.212. The highest BCUT2D eigenvalue weighted by molar-refractivity contribution is 6.18. The quantitative estimate of drug-likeness (QED) is 0.766. The van der Waals surface area contributed by atoms with Crippen LogP contribution in [0.4, 0.5) is 5.69 Å². The van der Waals surface area contributed by atoms with E-state index in [0.717, 1.165) is 41.9 Å². The number of nitrogens with zero attached hydrogens (tertiary/aromatic N) is 1. The zero-order valence-corrected chi connectivity index (χ0v) is 11.8. The van der Waals surface area contributed by atoms with Crippen LogP contribution in [0, 0.1) is 0 Å². The van der Waals surface area contributed by atoms with Crippen molar-refractivity contribution in [2.75, 3.05) is 17.7 Å². The number of benzene rings is 1. The molecule has 0 aliphatic heterocycles. The lowest BCUT2D eigenvalue weighted by Gasteiger charge is -2.09. The highest BCUT2D eigenvalue weighted by Crippen LogP contribution is 2.24. The molecule has 0 aliphatic carbocycles. The maximum atomic E-state index is 9.47. The van der Waals surface area contributed by atoms with Crippen LogP contribution in [0.3, 0.4) is 0 Å². The molecule has 1 heterocycles. The number of aromatic nitrogens is 1. The number of alkyl halides is 1. The third-order valence-electron chi connectivity index (χ3n) is 2.91. The van der Waals surface area contributed by atoms with Crippen molar-refractivity contribution in [1.29, 1.82) is 0 Å². The van der Waals surface area contributed by atoms with Crippen LogP contribution in [-0.2, 0) is 6.42 Å². The van der Waals surface area contributed by atoms with Crippen molar-refractivity contribution in [2.45, 2.75) is 32.3 Å². The number of rotatable bonds is 7. The van der Waals surface area contributed by atoms with E-state index in [-0.39, 0.29) is 5.88 Å². The second-order valence-electron chi connectivity index (χ2n) is 4.55. The predicted molar refractivity (Wildman–Crippen MR) is 77.8 cm³/mol. The topological polar surface area (TPSA) is 58.3 Å². The molecule has 2 aromatic rings. The molecule has 104 valence electrons. The Kier molecular flexibility index (Phi) is 5.05. The van der Waals surface area contributed by atoms with Gasteiger partial charge in [0.1, 0.15) is 5.52 Å². The minimum atomic E-state index is -0.566. The molecule has 1 unspecified atom stereocenters. The molecule has 0 spiro atoms. The van der Waals surface area contributed by atoms with Crippen LogP contribution in [0.1, 0.15) is 25.7 Å². The molecule has 0 saturated carbocycles. The molecule has 1 atom stereocenters. The Morgan fingerprint density at radius 3 is 3.05 bits per heavy atom. The second-order valence-corrected chi connectivity index (χ2v) is 4.86. The van der Waals surface area contributed by atoms with Crippen molar-refractivity contribution in [3.63, 3.8) is 0 Å². The standard InChI is InChI=1S/C14H19ClN2O2/c1-2-3-7-13-17-14-11(16-9-10(18)8-15)5-4-6-12(14)19-13/h4-6,10,16,18H,2-3,7-9H2,1H3. The monoisotopic (exact) mass is 282 g/mol. The zero-order valence-electron chi connectivity index (χ0n) is 11.0. The van der Waals surface area contributed by atoms with Crippen LogP contribution in [0.2, 0.25) is 0 Å². The van der Waals surface area contributed by atoms with Crippen LogP contribution >= 0.6 is 11.6 Å². The Balaban J connectivity index is 2.16. The lowest BCUT2D eigenvalue weighted by Crippen LogP contribution is -2.20. The number of aryl methyl sites for hydroxylation is 1.